The Balaban J connectivity index is 1.38. The van der Waals surface area contributed by atoms with Gasteiger partial charge in [0.2, 0.25) is 5.91 Å². The van der Waals surface area contributed by atoms with E-state index < -0.39 is 5.97 Å². The zero-order valence-electron chi connectivity index (χ0n) is 13.9. The van der Waals surface area contributed by atoms with Gasteiger partial charge in [-0.05, 0) is 48.8 Å². The molecule has 0 aliphatic heterocycles. The van der Waals surface area contributed by atoms with Crippen LogP contribution >= 0.6 is 0 Å². The number of carbonyl (C=O) groups excluding carboxylic acids is 1. The summed E-state index contributed by atoms with van der Waals surface area (Å²) in [6.07, 6.45) is 6.68. The highest BCUT2D eigenvalue weighted by Crippen LogP contribution is 2.62. The predicted octanol–water partition coefficient (Wildman–Crippen LogP) is 3.13. The summed E-state index contributed by atoms with van der Waals surface area (Å²) >= 11 is 0. The maximum absolute atomic E-state index is 12.3. The molecule has 0 aromatic heterocycles. The number of carboxylic acids is 1. The van der Waals surface area contributed by atoms with Crippen molar-refractivity contribution >= 4 is 11.9 Å². The third kappa shape index (κ3) is 4.08. The van der Waals surface area contributed by atoms with E-state index in [1.165, 1.54) is 25.7 Å². The fourth-order valence-electron chi connectivity index (χ4n) is 3.78. The first-order valence-electron chi connectivity index (χ1n) is 8.80. The van der Waals surface area contributed by atoms with Crippen molar-refractivity contribution < 1.29 is 19.4 Å². The number of amides is 1. The van der Waals surface area contributed by atoms with E-state index in [-0.39, 0.29) is 18.2 Å². The summed E-state index contributed by atoms with van der Waals surface area (Å²) in [5, 5.41) is 11.6. The molecule has 1 aromatic rings. The standard InChI is InChI=1S/C19H25NO4/c21-17(22)4-3-11-24-15-7-5-14(6-8-15)13-20-18(23)16-12-19(16)9-1-2-10-19/h5-8,16H,1-4,9-13H2,(H,20,23)(H,21,22). The number of ether oxygens (including phenoxy) is 1. The van der Waals surface area contributed by atoms with E-state index >= 15 is 0 Å². The SMILES string of the molecule is O=C(O)CCCOc1ccc(CNC(=O)C2CC23CCCC3)cc1. The number of aliphatic carboxylic acids is 1. The lowest BCUT2D eigenvalue weighted by Gasteiger charge is -2.10. The van der Waals surface area contributed by atoms with E-state index in [0.29, 0.717) is 25.0 Å². The van der Waals surface area contributed by atoms with Gasteiger partial charge in [0.1, 0.15) is 5.75 Å². The first kappa shape index (κ1) is 16.8. The van der Waals surface area contributed by atoms with Crippen molar-refractivity contribution in [2.45, 2.75) is 51.5 Å². The van der Waals surface area contributed by atoms with Gasteiger partial charge in [-0.15, -0.1) is 0 Å². The molecule has 0 radical (unpaired) electrons. The zero-order chi connectivity index (χ0) is 17.0. The van der Waals surface area contributed by atoms with Gasteiger partial charge in [0.25, 0.3) is 0 Å². The van der Waals surface area contributed by atoms with Crippen LogP contribution in [0.4, 0.5) is 0 Å². The third-order valence-electron chi connectivity index (χ3n) is 5.30. The molecule has 3 rings (SSSR count). The number of nitrogens with one attached hydrogen (secondary N) is 1. The fourth-order valence-corrected chi connectivity index (χ4v) is 3.78. The average molecular weight is 331 g/mol. The Labute approximate surface area is 142 Å². The molecule has 2 saturated carbocycles. The Morgan fingerprint density at radius 1 is 1.21 bits per heavy atom. The van der Waals surface area contributed by atoms with Gasteiger partial charge in [0.05, 0.1) is 6.61 Å². The minimum Gasteiger partial charge on any atom is -0.494 e. The lowest BCUT2D eigenvalue weighted by Crippen LogP contribution is -2.26. The Hall–Kier alpha value is -2.04. The molecular weight excluding hydrogens is 306 g/mol. The molecule has 0 bridgehead atoms. The summed E-state index contributed by atoms with van der Waals surface area (Å²) in [7, 11) is 0. The largest absolute Gasteiger partial charge is 0.494 e. The highest BCUT2D eigenvalue weighted by atomic mass is 16.5. The molecule has 1 unspecified atom stereocenters. The van der Waals surface area contributed by atoms with Gasteiger partial charge in [0.15, 0.2) is 0 Å². The van der Waals surface area contributed by atoms with E-state index in [1.54, 1.807) is 0 Å². The van der Waals surface area contributed by atoms with Crippen molar-refractivity contribution in [3.63, 3.8) is 0 Å². The van der Waals surface area contributed by atoms with Crippen molar-refractivity contribution in [3.05, 3.63) is 29.8 Å². The van der Waals surface area contributed by atoms with Gasteiger partial charge in [-0.3, -0.25) is 9.59 Å². The highest BCUT2D eigenvalue weighted by Gasteiger charge is 2.58. The molecule has 2 aliphatic rings. The van der Waals surface area contributed by atoms with Gasteiger partial charge in [-0.25, -0.2) is 0 Å². The molecule has 0 heterocycles. The van der Waals surface area contributed by atoms with Crippen LogP contribution in [-0.2, 0) is 16.1 Å². The number of rotatable bonds is 8. The van der Waals surface area contributed by atoms with E-state index in [2.05, 4.69) is 5.32 Å². The molecule has 2 aliphatic carbocycles. The Kier molecular flexibility index (Phi) is 5.07. The number of carboxylic acid groups (broad SMARTS) is 1. The molecule has 5 nitrogen and oxygen atoms in total. The normalized spacial score (nSPS) is 20.8. The fraction of sp³-hybridized carbons (Fsp3) is 0.579. The predicted molar refractivity (Wildman–Crippen MR) is 89.7 cm³/mol. The van der Waals surface area contributed by atoms with Gasteiger partial charge >= 0.3 is 5.97 Å². The van der Waals surface area contributed by atoms with Crippen LogP contribution in [0.25, 0.3) is 0 Å². The van der Waals surface area contributed by atoms with Crippen molar-refractivity contribution in [1.82, 2.24) is 5.32 Å². The first-order chi connectivity index (χ1) is 11.6. The smallest absolute Gasteiger partial charge is 0.303 e. The van der Waals surface area contributed by atoms with E-state index in [4.69, 9.17) is 9.84 Å². The monoisotopic (exact) mass is 331 g/mol. The minimum atomic E-state index is -0.806. The second-order valence-electron chi connectivity index (χ2n) is 7.03. The maximum Gasteiger partial charge on any atom is 0.303 e. The van der Waals surface area contributed by atoms with Crippen molar-refractivity contribution in [1.29, 1.82) is 0 Å². The van der Waals surface area contributed by atoms with Crippen LogP contribution in [0.15, 0.2) is 24.3 Å². The zero-order valence-corrected chi connectivity index (χ0v) is 13.9. The average Bonchev–Trinajstić information content (AvgIpc) is 3.07. The van der Waals surface area contributed by atoms with Crippen LogP contribution in [0.2, 0.25) is 0 Å². The van der Waals surface area contributed by atoms with Crippen molar-refractivity contribution in [2.75, 3.05) is 6.61 Å². The molecule has 5 heteroatoms. The second kappa shape index (κ2) is 7.24. The van der Waals surface area contributed by atoms with E-state index in [0.717, 1.165) is 17.7 Å². The number of hydrogen-bond acceptors (Lipinski definition) is 3. The Bertz CT molecular complexity index is 590. The van der Waals surface area contributed by atoms with Crippen LogP contribution in [0.3, 0.4) is 0 Å². The van der Waals surface area contributed by atoms with Crippen LogP contribution in [0, 0.1) is 11.3 Å². The van der Waals surface area contributed by atoms with Gasteiger partial charge < -0.3 is 15.2 Å². The quantitative estimate of drug-likeness (QED) is 0.718. The molecule has 1 amide bonds. The molecule has 0 saturated heterocycles. The van der Waals surface area contributed by atoms with Gasteiger partial charge in [-0.1, -0.05) is 25.0 Å². The van der Waals surface area contributed by atoms with Crippen LogP contribution in [0.5, 0.6) is 5.75 Å². The minimum absolute atomic E-state index is 0.118. The molecule has 24 heavy (non-hydrogen) atoms. The summed E-state index contributed by atoms with van der Waals surface area (Å²) in [5.41, 5.74) is 1.39. The van der Waals surface area contributed by atoms with Crippen LogP contribution in [-0.4, -0.2) is 23.6 Å². The van der Waals surface area contributed by atoms with E-state index in [9.17, 15) is 9.59 Å². The second-order valence-corrected chi connectivity index (χ2v) is 7.03. The van der Waals surface area contributed by atoms with Gasteiger partial charge in [0, 0.05) is 18.9 Å². The third-order valence-corrected chi connectivity index (χ3v) is 5.30. The summed E-state index contributed by atoms with van der Waals surface area (Å²) in [6, 6.07) is 7.59. The van der Waals surface area contributed by atoms with Gasteiger partial charge in [-0.2, -0.15) is 0 Å². The number of benzene rings is 1. The summed E-state index contributed by atoms with van der Waals surface area (Å²) in [6.45, 7) is 0.941. The van der Waals surface area contributed by atoms with Crippen LogP contribution < -0.4 is 10.1 Å². The summed E-state index contributed by atoms with van der Waals surface area (Å²) in [4.78, 5) is 22.7. The Morgan fingerprint density at radius 2 is 1.92 bits per heavy atom. The molecule has 130 valence electrons. The first-order valence-corrected chi connectivity index (χ1v) is 8.80. The number of carbonyl (C=O) groups is 2. The van der Waals surface area contributed by atoms with Crippen LogP contribution in [0.1, 0.15) is 50.5 Å². The molecule has 2 fully saturated rings. The number of hydrogen-bond donors (Lipinski definition) is 2. The van der Waals surface area contributed by atoms with Crippen molar-refractivity contribution in [3.8, 4) is 5.75 Å². The van der Waals surface area contributed by atoms with E-state index in [1.807, 2.05) is 24.3 Å². The maximum atomic E-state index is 12.3. The summed E-state index contributed by atoms with van der Waals surface area (Å²) in [5.74, 6) is 0.352. The molecular formula is C19H25NO4. The highest BCUT2D eigenvalue weighted by molar-refractivity contribution is 5.82. The van der Waals surface area contributed by atoms with Crippen molar-refractivity contribution in [2.24, 2.45) is 11.3 Å². The molecule has 2 N–H and O–H groups in total. The lowest BCUT2D eigenvalue weighted by molar-refractivity contribution is -0.137. The molecule has 1 aromatic carbocycles. The lowest BCUT2D eigenvalue weighted by atomic mass is 10.0. The molecule has 1 spiro atoms. The molecule has 1 atom stereocenters. The Morgan fingerprint density at radius 3 is 2.58 bits per heavy atom. The summed E-state index contributed by atoms with van der Waals surface area (Å²) < 4.78 is 5.50. The topological polar surface area (TPSA) is 75.6 Å².